The first-order chi connectivity index (χ1) is 9.07. The number of carbonyl (C=O) groups excluding carboxylic acids is 1. The van der Waals surface area contributed by atoms with E-state index in [2.05, 4.69) is 0 Å². The Morgan fingerprint density at radius 1 is 1.26 bits per heavy atom. The Labute approximate surface area is 115 Å². The monoisotopic (exact) mass is 267 g/mol. The lowest BCUT2D eigenvalue weighted by Crippen LogP contribution is -2.49. The average Bonchev–Trinajstić information content (AvgIpc) is 2.91. The molecule has 1 saturated carbocycles. The van der Waals surface area contributed by atoms with E-state index in [4.69, 9.17) is 0 Å². The van der Waals surface area contributed by atoms with E-state index < -0.39 is 11.4 Å². The minimum Gasteiger partial charge on any atom is -0.481 e. The molecule has 0 aromatic heterocycles. The first-order valence-corrected chi connectivity index (χ1v) is 7.58. The highest BCUT2D eigenvalue weighted by Crippen LogP contribution is 2.35. The molecule has 4 heteroatoms. The first kappa shape index (κ1) is 14.4. The number of piperidine rings is 1. The van der Waals surface area contributed by atoms with Gasteiger partial charge >= 0.3 is 5.97 Å². The summed E-state index contributed by atoms with van der Waals surface area (Å²) in [7, 11) is 0. The van der Waals surface area contributed by atoms with Crippen LogP contribution in [0.25, 0.3) is 0 Å². The van der Waals surface area contributed by atoms with Gasteiger partial charge in [0.05, 0.1) is 5.41 Å². The van der Waals surface area contributed by atoms with Crippen LogP contribution in [0.1, 0.15) is 58.3 Å². The van der Waals surface area contributed by atoms with Crippen LogP contribution in [-0.4, -0.2) is 35.0 Å². The van der Waals surface area contributed by atoms with E-state index in [1.165, 1.54) is 12.8 Å². The molecule has 2 rings (SSSR count). The Morgan fingerprint density at radius 2 is 1.95 bits per heavy atom. The molecule has 2 fully saturated rings. The molecule has 0 aromatic carbocycles. The third-order valence-corrected chi connectivity index (χ3v) is 5.00. The molecule has 1 heterocycles. The van der Waals surface area contributed by atoms with Gasteiger partial charge in [0, 0.05) is 19.5 Å². The van der Waals surface area contributed by atoms with E-state index in [0.29, 0.717) is 31.7 Å². The fourth-order valence-corrected chi connectivity index (χ4v) is 3.55. The third kappa shape index (κ3) is 3.10. The highest BCUT2D eigenvalue weighted by molar-refractivity contribution is 5.79. The van der Waals surface area contributed by atoms with Crippen molar-refractivity contribution in [2.45, 2.75) is 58.3 Å². The molecule has 2 aliphatic rings. The lowest BCUT2D eigenvalue weighted by atomic mass is 9.77. The molecule has 1 amide bonds. The number of amides is 1. The summed E-state index contributed by atoms with van der Waals surface area (Å²) in [6.07, 6.45) is 7.56. The van der Waals surface area contributed by atoms with Crippen molar-refractivity contribution in [3.05, 3.63) is 0 Å². The number of hydrogen-bond acceptors (Lipinski definition) is 2. The van der Waals surface area contributed by atoms with E-state index in [-0.39, 0.29) is 5.91 Å². The van der Waals surface area contributed by atoms with Crippen molar-refractivity contribution < 1.29 is 14.7 Å². The van der Waals surface area contributed by atoms with Gasteiger partial charge in [-0.15, -0.1) is 0 Å². The first-order valence-electron chi connectivity index (χ1n) is 7.58. The van der Waals surface area contributed by atoms with Gasteiger partial charge in [-0.2, -0.15) is 0 Å². The zero-order chi connectivity index (χ0) is 13.9. The second-order valence-corrected chi connectivity index (χ2v) is 6.21. The lowest BCUT2D eigenvalue weighted by molar-refractivity contribution is -0.155. The standard InChI is InChI=1S/C15H25NO3/c1-2-15(14(18)19)8-5-9-16(11-15)13(17)10-12-6-3-4-7-12/h12H,2-11H2,1H3,(H,18,19)/t15-/m0/s1. The molecule has 1 aliphatic carbocycles. The number of rotatable bonds is 4. The van der Waals surface area contributed by atoms with Crippen LogP contribution in [0.4, 0.5) is 0 Å². The predicted octanol–water partition coefficient (Wildman–Crippen LogP) is 2.67. The quantitative estimate of drug-likeness (QED) is 0.852. The van der Waals surface area contributed by atoms with Crippen molar-refractivity contribution in [1.82, 2.24) is 4.90 Å². The molecule has 1 atom stereocenters. The van der Waals surface area contributed by atoms with E-state index in [1.54, 1.807) is 4.90 Å². The predicted molar refractivity (Wildman–Crippen MR) is 72.7 cm³/mol. The minimum atomic E-state index is -0.742. The van der Waals surface area contributed by atoms with E-state index in [9.17, 15) is 14.7 Å². The van der Waals surface area contributed by atoms with Crippen molar-refractivity contribution in [2.75, 3.05) is 13.1 Å². The van der Waals surface area contributed by atoms with Crippen LogP contribution >= 0.6 is 0 Å². The third-order valence-electron chi connectivity index (χ3n) is 5.00. The minimum absolute atomic E-state index is 0.172. The molecule has 0 unspecified atom stereocenters. The van der Waals surface area contributed by atoms with Crippen molar-refractivity contribution in [2.24, 2.45) is 11.3 Å². The average molecular weight is 267 g/mol. The van der Waals surface area contributed by atoms with Gasteiger partial charge in [-0.3, -0.25) is 9.59 Å². The number of nitrogens with zero attached hydrogens (tertiary/aromatic N) is 1. The van der Waals surface area contributed by atoms with Gasteiger partial charge in [0.25, 0.3) is 0 Å². The summed E-state index contributed by atoms with van der Waals surface area (Å²) in [5.74, 6) is -0.0330. The molecule has 0 spiro atoms. The van der Waals surface area contributed by atoms with E-state index in [1.807, 2.05) is 6.92 Å². The highest BCUT2D eigenvalue weighted by atomic mass is 16.4. The Kier molecular flexibility index (Phi) is 4.48. The van der Waals surface area contributed by atoms with Crippen LogP contribution in [0, 0.1) is 11.3 Å². The SMILES string of the molecule is CC[C@]1(C(=O)O)CCCN(C(=O)CC2CCCC2)C1. The van der Waals surface area contributed by atoms with Crippen molar-refractivity contribution >= 4 is 11.9 Å². The van der Waals surface area contributed by atoms with Crippen molar-refractivity contribution in [3.63, 3.8) is 0 Å². The van der Waals surface area contributed by atoms with Gasteiger partial charge in [-0.25, -0.2) is 0 Å². The molecular weight excluding hydrogens is 242 g/mol. The molecule has 0 bridgehead atoms. The summed E-state index contributed by atoms with van der Waals surface area (Å²) in [4.78, 5) is 25.6. The van der Waals surface area contributed by atoms with Crippen LogP contribution in [0.2, 0.25) is 0 Å². The molecule has 4 nitrogen and oxygen atoms in total. The molecule has 1 aliphatic heterocycles. The Bertz CT molecular complexity index is 349. The molecular formula is C15H25NO3. The van der Waals surface area contributed by atoms with Crippen LogP contribution in [0.3, 0.4) is 0 Å². The summed E-state index contributed by atoms with van der Waals surface area (Å²) in [6.45, 7) is 3.06. The topological polar surface area (TPSA) is 57.6 Å². The normalized spacial score (nSPS) is 28.6. The number of carboxylic acid groups (broad SMARTS) is 1. The van der Waals surface area contributed by atoms with E-state index >= 15 is 0 Å². The second-order valence-electron chi connectivity index (χ2n) is 6.21. The smallest absolute Gasteiger partial charge is 0.311 e. The van der Waals surface area contributed by atoms with Crippen LogP contribution < -0.4 is 0 Å². The largest absolute Gasteiger partial charge is 0.481 e. The molecule has 19 heavy (non-hydrogen) atoms. The number of aliphatic carboxylic acids is 1. The Balaban J connectivity index is 1.96. The van der Waals surface area contributed by atoms with Gasteiger partial charge in [0.15, 0.2) is 0 Å². The Hall–Kier alpha value is -1.06. The maximum atomic E-state index is 12.3. The summed E-state index contributed by atoms with van der Waals surface area (Å²) >= 11 is 0. The maximum Gasteiger partial charge on any atom is 0.311 e. The van der Waals surface area contributed by atoms with Crippen LogP contribution in [0.15, 0.2) is 0 Å². The highest BCUT2D eigenvalue weighted by Gasteiger charge is 2.42. The Morgan fingerprint density at radius 3 is 2.53 bits per heavy atom. The van der Waals surface area contributed by atoms with Crippen molar-refractivity contribution in [1.29, 1.82) is 0 Å². The zero-order valence-electron chi connectivity index (χ0n) is 11.9. The molecule has 1 N–H and O–H groups in total. The molecule has 0 aromatic rings. The molecule has 108 valence electrons. The molecule has 1 saturated heterocycles. The van der Waals surface area contributed by atoms with Crippen molar-refractivity contribution in [3.8, 4) is 0 Å². The number of carbonyl (C=O) groups is 2. The van der Waals surface area contributed by atoms with E-state index in [0.717, 1.165) is 25.8 Å². The number of carboxylic acids is 1. The molecule has 0 radical (unpaired) electrons. The summed E-state index contributed by atoms with van der Waals surface area (Å²) in [5.41, 5.74) is -0.705. The fraction of sp³-hybridized carbons (Fsp3) is 0.867. The maximum absolute atomic E-state index is 12.3. The van der Waals surface area contributed by atoms with Gasteiger partial charge in [0.1, 0.15) is 0 Å². The van der Waals surface area contributed by atoms with Crippen LogP contribution in [-0.2, 0) is 9.59 Å². The van der Waals surface area contributed by atoms with Gasteiger partial charge in [-0.05, 0) is 38.0 Å². The lowest BCUT2D eigenvalue weighted by Gasteiger charge is -2.39. The van der Waals surface area contributed by atoms with Crippen LogP contribution in [0.5, 0.6) is 0 Å². The fourth-order valence-electron chi connectivity index (χ4n) is 3.55. The summed E-state index contributed by atoms with van der Waals surface area (Å²) in [5, 5.41) is 9.43. The van der Waals surface area contributed by atoms with Gasteiger partial charge in [-0.1, -0.05) is 19.8 Å². The summed E-state index contributed by atoms with van der Waals surface area (Å²) < 4.78 is 0. The second kappa shape index (κ2) is 5.93. The number of likely N-dealkylation sites (tertiary alicyclic amines) is 1. The van der Waals surface area contributed by atoms with Gasteiger partial charge < -0.3 is 10.0 Å². The zero-order valence-corrected chi connectivity index (χ0v) is 11.9. The summed E-state index contributed by atoms with van der Waals surface area (Å²) in [6, 6.07) is 0. The van der Waals surface area contributed by atoms with Gasteiger partial charge in [0.2, 0.25) is 5.91 Å². The number of hydrogen-bond donors (Lipinski definition) is 1.